The zero-order chi connectivity index (χ0) is 22.7. The van der Waals surface area contributed by atoms with Crippen molar-refractivity contribution in [2.45, 2.75) is 19.8 Å². The van der Waals surface area contributed by atoms with E-state index in [9.17, 15) is 14.7 Å². The van der Waals surface area contributed by atoms with Gasteiger partial charge in [-0.1, -0.05) is 43.4 Å². The van der Waals surface area contributed by atoms with Crippen LogP contribution in [0.25, 0.3) is 11.7 Å². The van der Waals surface area contributed by atoms with Crippen LogP contribution in [0.1, 0.15) is 25.3 Å². The smallest absolute Gasteiger partial charge is 0.267 e. The molecule has 32 heavy (non-hydrogen) atoms. The Labute approximate surface area is 196 Å². The van der Waals surface area contributed by atoms with Crippen molar-refractivity contribution in [3.8, 4) is 0 Å². The van der Waals surface area contributed by atoms with Crippen LogP contribution in [0.15, 0.2) is 34.1 Å². The maximum absolute atomic E-state index is 13.4. The Hall–Kier alpha value is -2.27. The molecule has 2 fully saturated rings. The molecule has 2 aromatic heterocycles. The number of thiocarbonyl (C=S) groups is 1. The standard InChI is InChI=1S/C22H27N5O3S2/c1-2-3-7-27-21(30)17(32-22(27)31)15-16-19(25-11-9-24(10-12-25)13-14-28)23-18-6-4-5-8-26(18)20(16)29/h4-6,8,15,28H,2-3,7,9-14H2,1H3/b17-15-. The van der Waals surface area contributed by atoms with Crippen LogP contribution in [0.5, 0.6) is 0 Å². The molecular weight excluding hydrogens is 446 g/mol. The SMILES string of the molecule is CCCCN1C(=O)/C(=C/c2c(N3CCN(CCO)CC3)nc3ccccn3c2=O)SC1=S. The summed E-state index contributed by atoms with van der Waals surface area (Å²) in [5.41, 5.74) is 0.764. The van der Waals surface area contributed by atoms with Gasteiger partial charge in [-0.2, -0.15) is 0 Å². The van der Waals surface area contributed by atoms with Crippen molar-refractivity contribution in [2.75, 3.05) is 50.8 Å². The lowest BCUT2D eigenvalue weighted by molar-refractivity contribution is -0.122. The fourth-order valence-electron chi connectivity index (χ4n) is 3.92. The molecule has 0 atom stereocenters. The number of piperazine rings is 1. The van der Waals surface area contributed by atoms with Crippen molar-refractivity contribution in [1.82, 2.24) is 19.2 Å². The number of amides is 1. The second-order valence-corrected chi connectivity index (χ2v) is 9.50. The lowest BCUT2D eigenvalue weighted by Gasteiger charge is -2.35. The van der Waals surface area contributed by atoms with Gasteiger partial charge in [-0.05, 0) is 24.6 Å². The number of hydrogen-bond acceptors (Lipinski definition) is 8. The average molecular weight is 474 g/mol. The molecule has 2 aliphatic heterocycles. The summed E-state index contributed by atoms with van der Waals surface area (Å²) in [7, 11) is 0. The molecule has 0 aliphatic carbocycles. The van der Waals surface area contributed by atoms with Crippen LogP contribution in [-0.2, 0) is 4.79 Å². The van der Waals surface area contributed by atoms with Gasteiger partial charge in [0.1, 0.15) is 15.8 Å². The second kappa shape index (κ2) is 10.1. The van der Waals surface area contributed by atoms with Gasteiger partial charge in [-0.15, -0.1) is 0 Å². The zero-order valence-corrected chi connectivity index (χ0v) is 19.7. The summed E-state index contributed by atoms with van der Waals surface area (Å²) in [6.07, 6.45) is 5.20. The van der Waals surface area contributed by atoms with Crippen LogP contribution in [-0.4, -0.2) is 80.4 Å². The van der Waals surface area contributed by atoms with E-state index in [1.165, 1.54) is 16.2 Å². The summed E-state index contributed by atoms with van der Waals surface area (Å²) in [6.45, 7) is 6.34. The Bertz CT molecular complexity index is 1110. The highest BCUT2D eigenvalue weighted by molar-refractivity contribution is 8.26. The van der Waals surface area contributed by atoms with E-state index in [0.29, 0.717) is 52.4 Å². The lowest BCUT2D eigenvalue weighted by atomic mass is 10.2. The number of aromatic nitrogens is 2. The molecule has 4 rings (SSSR count). The third kappa shape index (κ3) is 4.59. The first-order chi connectivity index (χ1) is 15.5. The number of hydrogen-bond donors (Lipinski definition) is 1. The molecule has 0 bridgehead atoms. The first kappa shape index (κ1) is 22.9. The number of fused-ring (bicyclic) bond motifs is 1. The zero-order valence-electron chi connectivity index (χ0n) is 18.1. The van der Waals surface area contributed by atoms with Crippen LogP contribution in [0.3, 0.4) is 0 Å². The van der Waals surface area contributed by atoms with Crippen molar-refractivity contribution in [3.05, 3.63) is 45.2 Å². The molecular formula is C22H27N5O3S2. The molecule has 1 amide bonds. The van der Waals surface area contributed by atoms with E-state index in [2.05, 4.69) is 16.7 Å². The normalized spacial score (nSPS) is 19.0. The number of thioether (sulfide) groups is 1. The molecule has 0 spiro atoms. The van der Waals surface area contributed by atoms with Gasteiger partial charge in [0, 0.05) is 45.5 Å². The Morgan fingerprint density at radius 3 is 2.69 bits per heavy atom. The first-order valence-corrected chi connectivity index (χ1v) is 12.1. The summed E-state index contributed by atoms with van der Waals surface area (Å²) < 4.78 is 2.04. The van der Waals surface area contributed by atoms with E-state index in [-0.39, 0.29) is 18.1 Å². The number of aliphatic hydroxyl groups is 1. The van der Waals surface area contributed by atoms with Crippen molar-refractivity contribution in [1.29, 1.82) is 0 Å². The van der Waals surface area contributed by atoms with E-state index in [1.54, 1.807) is 29.3 Å². The number of unbranched alkanes of at least 4 members (excludes halogenated alkanes) is 1. The molecule has 170 valence electrons. The van der Waals surface area contributed by atoms with Crippen molar-refractivity contribution in [3.63, 3.8) is 0 Å². The highest BCUT2D eigenvalue weighted by Crippen LogP contribution is 2.33. The molecule has 1 N–H and O–H groups in total. The minimum absolute atomic E-state index is 0.126. The number of β-amino-alcohol motifs (C(OH)–C–C–N with tert-alkyl or cyclic N) is 1. The van der Waals surface area contributed by atoms with E-state index in [1.807, 2.05) is 6.07 Å². The highest BCUT2D eigenvalue weighted by atomic mass is 32.2. The van der Waals surface area contributed by atoms with Gasteiger partial charge in [0.2, 0.25) is 0 Å². The Kier molecular flexibility index (Phi) is 7.24. The lowest BCUT2D eigenvalue weighted by Crippen LogP contribution is -2.48. The summed E-state index contributed by atoms with van der Waals surface area (Å²) in [4.78, 5) is 37.6. The molecule has 0 saturated carbocycles. The summed E-state index contributed by atoms with van der Waals surface area (Å²) in [5, 5.41) is 9.21. The van der Waals surface area contributed by atoms with Crippen LogP contribution in [0, 0.1) is 0 Å². The van der Waals surface area contributed by atoms with Crippen molar-refractivity contribution < 1.29 is 9.90 Å². The number of aliphatic hydroxyl groups excluding tert-OH is 1. The third-order valence-corrected chi connectivity index (χ3v) is 7.10. The second-order valence-electron chi connectivity index (χ2n) is 7.82. The van der Waals surface area contributed by atoms with E-state index < -0.39 is 0 Å². The van der Waals surface area contributed by atoms with Gasteiger partial charge in [-0.25, -0.2) is 4.98 Å². The van der Waals surface area contributed by atoms with Crippen LogP contribution in [0.2, 0.25) is 0 Å². The van der Waals surface area contributed by atoms with Crippen molar-refractivity contribution in [2.24, 2.45) is 0 Å². The van der Waals surface area contributed by atoms with Gasteiger partial charge >= 0.3 is 0 Å². The quantitative estimate of drug-likeness (QED) is 0.482. The molecule has 0 aromatic carbocycles. The van der Waals surface area contributed by atoms with Crippen LogP contribution in [0.4, 0.5) is 5.82 Å². The maximum Gasteiger partial charge on any atom is 0.267 e. The summed E-state index contributed by atoms with van der Waals surface area (Å²) >= 11 is 6.66. The minimum atomic E-state index is -0.206. The largest absolute Gasteiger partial charge is 0.395 e. The molecule has 4 heterocycles. The number of rotatable bonds is 7. The summed E-state index contributed by atoms with van der Waals surface area (Å²) in [5.74, 6) is 0.438. The van der Waals surface area contributed by atoms with Gasteiger partial charge in [0.25, 0.3) is 11.5 Å². The number of anilines is 1. The molecule has 8 nitrogen and oxygen atoms in total. The number of pyridine rings is 1. The van der Waals surface area contributed by atoms with Gasteiger partial charge in [0.15, 0.2) is 0 Å². The van der Waals surface area contributed by atoms with Crippen LogP contribution < -0.4 is 10.5 Å². The van der Waals surface area contributed by atoms with Crippen LogP contribution >= 0.6 is 24.0 Å². The predicted molar refractivity (Wildman–Crippen MR) is 132 cm³/mol. The fourth-order valence-corrected chi connectivity index (χ4v) is 5.21. The highest BCUT2D eigenvalue weighted by Gasteiger charge is 2.32. The minimum Gasteiger partial charge on any atom is -0.395 e. The molecule has 10 heteroatoms. The van der Waals surface area contributed by atoms with Gasteiger partial charge in [0.05, 0.1) is 17.1 Å². The first-order valence-electron chi connectivity index (χ1n) is 10.9. The third-order valence-electron chi connectivity index (χ3n) is 5.72. The number of carbonyl (C=O) groups excluding carboxylic acids is 1. The van der Waals surface area contributed by atoms with Crippen molar-refractivity contribution >= 4 is 51.7 Å². The Balaban J connectivity index is 1.73. The molecule has 2 saturated heterocycles. The van der Waals surface area contributed by atoms with E-state index in [0.717, 1.165) is 25.9 Å². The fraction of sp³-hybridized carbons (Fsp3) is 0.455. The van der Waals surface area contributed by atoms with E-state index in [4.69, 9.17) is 17.2 Å². The topological polar surface area (TPSA) is 81.4 Å². The molecule has 0 radical (unpaired) electrons. The maximum atomic E-state index is 13.4. The van der Waals surface area contributed by atoms with Gasteiger partial charge in [-0.3, -0.25) is 23.8 Å². The Morgan fingerprint density at radius 2 is 1.97 bits per heavy atom. The average Bonchev–Trinajstić information content (AvgIpc) is 3.07. The number of nitrogens with zero attached hydrogens (tertiary/aromatic N) is 5. The molecule has 2 aromatic rings. The Morgan fingerprint density at radius 1 is 1.19 bits per heavy atom. The molecule has 0 unspecified atom stereocenters. The monoisotopic (exact) mass is 473 g/mol. The van der Waals surface area contributed by atoms with E-state index >= 15 is 0 Å². The predicted octanol–water partition coefficient (Wildman–Crippen LogP) is 1.81. The van der Waals surface area contributed by atoms with Gasteiger partial charge < -0.3 is 10.0 Å². The summed E-state index contributed by atoms with van der Waals surface area (Å²) in [6, 6.07) is 5.45. The number of carbonyl (C=O) groups is 1. The molecule has 2 aliphatic rings.